The van der Waals surface area contributed by atoms with Crippen molar-refractivity contribution in [1.29, 1.82) is 0 Å². The van der Waals surface area contributed by atoms with Gasteiger partial charge in [0.25, 0.3) is 0 Å². The van der Waals surface area contributed by atoms with Crippen LogP contribution in [0.25, 0.3) is 0 Å². The van der Waals surface area contributed by atoms with Gasteiger partial charge in [-0.25, -0.2) is 0 Å². The summed E-state index contributed by atoms with van der Waals surface area (Å²) in [4.78, 5) is 15.7. The molecule has 1 rings (SSSR count). The third-order valence-electron chi connectivity index (χ3n) is 2.98. The molecule has 4 N–H and O–H groups in total. The molecular weight excluding hydrogens is 268 g/mol. The van der Waals surface area contributed by atoms with Gasteiger partial charge in [-0.3, -0.25) is 9.79 Å². The van der Waals surface area contributed by atoms with E-state index in [0.29, 0.717) is 13.0 Å². The van der Waals surface area contributed by atoms with Crippen LogP contribution < -0.4 is 21.1 Å². The van der Waals surface area contributed by atoms with Crippen molar-refractivity contribution in [1.82, 2.24) is 5.32 Å². The molecule has 0 aliphatic heterocycles. The van der Waals surface area contributed by atoms with E-state index in [-0.39, 0.29) is 17.9 Å². The molecule has 0 aromatic heterocycles. The van der Waals surface area contributed by atoms with Crippen LogP contribution in [-0.2, 0) is 4.79 Å². The number of anilines is 1. The predicted octanol–water partition coefficient (Wildman–Crippen LogP) is 1.73. The van der Waals surface area contributed by atoms with Crippen molar-refractivity contribution in [3.63, 3.8) is 0 Å². The SMILES string of the molecule is CCC(C)NC(=O)CCN=C(N)Nc1cccc(OC)c1. The van der Waals surface area contributed by atoms with Gasteiger partial charge in [0.05, 0.1) is 13.7 Å². The van der Waals surface area contributed by atoms with Crippen LogP contribution in [0.1, 0.15) is 26.7 Å². The standard InChI is InChI=1S/C15H24N4O2/c1-4-11(2)18-14(20)8-9-17-15(16)19-12-6-5-7-13(10-12)21-3/h5-7,10-11H,4,8-9H2,1-3H3,(H,18,20)(H3,16,17,19). The van der Waals surface area contributed by atoms with E-state index < -0.39 is 0 Å². The van der Waals surface area contributed by atoms with E-state index in [1.807, 2.05) is 38.1 Å². The molecule has 116 valence electrons. The van der Waals surface area contributed by atoms with Crippen molar-refractivity contribution in [2.75, 3.05) is 19.0 Å². The Hall–Kier alpha value is -2.24. The highest BCUT2D eigenvalue weighted by atomic mass is 16.5. The van der Waals surface area contributed by atoms with E-state index >= 15 is 0 Å². The Labute approximate surface area is 125 Å². The number of guanidine groups is 1. The first-order valence-electron chi connectivity index (χ1n) is 7.05. The minimum absolute atomic E-state index is 0.0118. The Morgan fingerprint density at radius 3 is 2.90 bits per heavy atom. The number of hydrogen-bond donors (Lipinski definition) is 3. The first-order valence-corrected chi connectivity index (χ1v) is 7.05. The lowest BCUT2D eigenvalue weighted by Crippen LogP contribution is -2.32. The van der Waals surface area contributed by atoms with Crippen molar-refractivity contribution in [2.24, 2.45) is 10.7 Å². The molecule has 0 fully saturated rings. The molecule has 1 atom stereocenters. The zero-order chi connectivity index (χ0) is 15.7. The predicted molar refractivity (Wildman–Crippen MR) is 85.6 cm³/mol. The second-order valence-corrected chi connectivity index (χ2v) is 4.75. The Morgan fingerprint density at radius 1 is 1.48 bits per heavy atom. The molecule has 0 aliphatic carbocycles. The van der Waals surface area contributed by atoms with Crippen LogP contribution in [-0.4, -0.2) is 31.6 Å². The lowest BCUT2D eigenvalue weighted by atomic mass is 10.2. The summed E-state index contributed by atoms with van der Waals surface area (Å²) in [5, 5.41) is 5.84. The van der Waals surface area contributed by atoms with E-state index in [4.69, 9.17) is 10.5 Å². The highest BCUT2D eigenvalue weighted by Crippen LogP contribution is 2.16. The highest BCUT2D eigenvalue weighted by Gasteiger charge is 2.04. The number of nitrogens with one attached hydrogen (secondary N) is 2. The molecule has 21 heavy (non-hydrogen) atoms. The zero-order valence-corrected chi connectivity index (χ0v) is 12.8. The van der Waals surface area contributed by atoms with Crippen molar-refractivity contribution in [2.45, 2.75) is 32.7 Å². The molecule has 1 unspecified atom stereocenters. The van der Waals surface area contributed by atoms with Crippen LogP contribution in [0.3, 0.4) is 0 Å². The molecule has 0 bridgehead atoms. The first kappa shape index (κ1) is 16.8. The Bertz CT molecular complexity index is 488. The van der Waals surface area contributed by atoms with Crippen LogP contribution >= 0.6 is 0 Å². The van der Waals surface area contributed by atoms with Crippen LogP contribution in [0.2, 0.25) is 0 Å². The number of carbonyl (C=O) groups excluding carboxylic acids is 1. The zero-order valence-electron chi connectivity index (χ0n) is 12.8. The topological polar surface area (TPSA) is 88.7 Å². The number of amides is 1. The number of nitrogens with zero attached hydrogens (tertiary/aromatic N) is 1. The third kappa shape index (κ3) is 6.65. The molecule has 0 saturated heterocycles. The molecule has 0 radical (unpaired) electrons. The van der Waals surface area contributed by atoms with Gasteiger partial charge in [-0.2, -0.15) is 0 Å². The second-order valence-electron chi connectivity index (χ2n) is 4.75. The molecule has 6 nitrogen and oxygen atoms in total. The van der Waals surface area contributed by atoms with Crippen LogP contribution in [0.15, 0.2) is 29.3 Å². The summed E-state index contributed by atoms with van der Waals surface area (Å²) in [5.74, 6) is 1.00. The number of ether oxygens (including phenoxy) is 1. The molecule has 6 heteroatoms. The molecule has 1 aromatic rings. The Kier molecular flexibility index (Phi) is 7.08. The van der Waals surface area contributed by atoms with Gasteiger partial charge in [0.1, 0.15) is 5.75 Å². The fourth-order valence-corrected chi connectivity index (χ4v) is 1.62. The number of aliphatic imine (C=N–C) groups is 1. The third-order valence-corrected chi connectivity index (χ3v) is 2.98. The molecule has 0 heterocycles. The maximum Gasteiger partial charge on any atom is 0.222 e. The minimum atomic E-state index is -0.0118. The quantitative estimate of drug-likeness (QED) is 0.527. The summed E-state index contributed by atoms with van der Waals surface area (Å²) in [6.45, 7) is 4.35. The molecule has 1 aromatic carbocycles. The van der Waals surface area contributed by atoms with E-state index in [9.17, 15) is 4.79 Å². The van der Waals surface area contributed by atoms with Crippen molar-refractivity contribution >= 4 is 17.6 Å². The van der Waals surface area contributed by atoms with Crippen molar-refractivity contribution < 1.29 is 9.53 Å². The number of rotatable bonds is 7. The van der Waals surface area contributed by atoms with Crippen molar-refractivity contribution in [3.05, 3.63) is 24.3 Å². The second kappa shape index (κ2) is 8.84. The van der Waals surface area contributed by atoms with Gasteiger partial charge in [0.15, 0.2) is 5.96 Å². The normalized spacial score (nSPS) is 12.6. The van der Waals surface area contributed by atoms with E-state index in [2.05, 4.69) is 15.6 Å². The first-order chi connectivity index (χ1) is 10.0. The Balaban J connectivity index is 2.40. The van der Waals surface area contributed by atoms with E-state index in [1.54, 1.807) is 7.11 Å². The lowest BCUT2D eigenvalue weighted by Gasteiger charge is -2.10. The molecule has 1 amide bonds. The average molecular weight is 292 g/mol. The molecule has 0 saturated carbocycles. The van der Waals surface area contributed by atoms with Crippen molar-refractivity contribution in [3.8, 4) is 5.75 Å². The van der Waals surface area contributed by atoms with Gasteiger partial charge in [-0.05, 0) is 25.5 Å². The van der Waals surface area contributed by atoms with Gasteiger partial charge < -0.3 is 21.1 Å². The summed E-state index contributed by atoms with van der Waals surface area (Å²) < 4.78 is 5.12. The van der Waals surface area contributed by atoms with Gasteiger partial charge in [0, 0.05) is 24.2 Å². The van der Waals surface area contributed by atoms with Gasteiger partial charge >= 0.3 is 0 Å². The molecule has 0 spiro atoms. The van der Waals surface area contributed by atoms with E-state index in [0.717, 1.165) is 17.9 Å². The summed E-state index contributed by atoms with van der Waals surface area (Å²) in [7, 11) is 1.60. The van der Waals surface area contributed by atoms with Crippen LogP contribution in [0.5, 0.6) is 5.75 Å². The van der Waals surface area contributed by atoms with Crippen LogP contribution in [0, 0.1) is 0 Å². The van der Waals surface area contributed by atoms with Crippen LogP contribution in [0.4, 0.5) is 5.69 Å². The maximum absolute atomic E-state index is 11.6. The Morgan fingerprint density at radius 2 is 2.24 bits per heavy atom. The summed E-state index contributed by atoms with van der Waals surface area (Å²) in [6, 6.07) is 7.57. The van der Waals surface area contributed by atoms with Gasteiger partial charge in [-0.1, -0.05) is 13.0 Å². The highest BCUT2D eigenvalue weighted by molar-refractivity contribution is 5.92. The smallest absolute Gasteiger partial charge is 0.222 e. The minimum Gasteiger partial charge on any atom is -0.497 e. The number of carbonyl (C=O) groups is 1. The average Bonchev–Trinajstić information content (AvgIpc) is 2.47. The summed E-state index contributed by atoms with van der Waals surface area (Å²) in [6.07, 6.45) is 1.24. The number of nitrogens with two attached hydrogens (primary N) is 1. The molecule has 0 aliphatic rings. The van der Waals surface area contributed by atoms with Gasteiger partial charge in [-0.15, -0.1) is 0 Å². The number of methoxy groups -OCH3 is 1. The largest absolute Gasteiger partial charge is 0.497 e. The lowest BCUT2D eigenvalue weighted by molar-refractivity contribution is -0.121. The van der Waals surface area contributed by atoms with Gasteiger partial charge in [0.2, 0.25) is 5.91 Å². The number of hydrogen-bond acceptors (Lipinski definition) is 3. The van der Waals surface area contributed by atoms with E-state index in [1.165, 1.54) is 0 Å². The monoisotopic (exact) mass is 292 g/mol. The fourth-order valence-electron chi connectivity index (χ4n) is 1.62. The number of benzene rings is 1. The maximum atomic E-state index is 11.6. The summed E-state index contributed by atoms with van der Waals surface area (Å²) in [5.41, 5.74) is 6.57. The molecular formula is C15H24N4O2. The summed E-state index contributed by atoms with van der Waals surface area (Å²) >= 11 is 0. The fraction of sp³-hybridized carbons (Fsp3) is 0.467.